The van der Waals surface area contributed by atoms with Gasteiger partial charge in [-0.2, -0.15) is 5.26 Å². The Balaban J connectivity index is 1.93. The number of anilines is 1. The number of amides is 1. The Morgan fingerprint density at radius 1 is 1.24 bits per heavy atom. The Kier molecular flexibility index (Phi) is 6.40. The third-order valence-corrected chi connectivity index (χ3v) is 3.87. The van der Waals surface area contributed by atoms with E-state index < -0.39 is 18.0 Å². The Morgan fingerprint density at radius 2 is 2.00 bits per heavy atom. The van der Waals surface area contributed by atoms with E-state index in [1.807, 2.05) is 6.07 Å². The molecule has 25 heavy (non-hydrogen) atoms. The lowest BCUT2D eigenvalue weighted by atomic mass is 10.1. The van der Waals surface area contributed by atoms with Gasteiger partial charge in [-0.05, 0) is 42.8 Å². The minimum absolute atomic E-state index is 0.0719. The lowest BCUT2D eigenvalue weighted by molar-refractivity contribution is -0.152. The van der Waals surface area contributed by atoms with Gasteiger partial charge in [0.1, 0.15) is 0 Å². The minimum Gasteiger partial charge on any atom is -0.452 e. The molecule has 128 valence electrons. The van der Waals surface area contributed by atoms with E-state index in [1.54, 1.807) is 30.3 Å². The van der Waals surface area contributed by atoms with E-state index in [4.69, 9.17) is 33.2 Å². The number of nitrogens with zero attached hydrogens (tertiary/aromatic N) is 1. The lowest BCUT2D eigenvalue weighted by Gasteiger charge is -2.14. The molecule has 1 amide bonds. The Hall–Kier alpha value is -2.55. The van der Waals surface area contributed by atoms with E-state index in [1.165, 1.54) is 19.1 Å². The molecule has 0 saturated heterocycles. The molecule has 2 aromatic rings. The molecular formula is C18H14Cl2N2O3. The Morgan fingerprint density at radius 3 is 2.68 bits per heavy atom. The highest BCUT2D eigenvalue weighted by atomic mass is 35.5. The zero-order valence-corrected chi connectivity index (χ0v) is 14.8. The monoisotopic (exact) mass is 376 g/mol. The molecule has 0 aliphatic carbocycles. The molecule has 1 atom stereocenters. The van der Waals surface area contributed by atoms with Crippen molar-refractivity contribution in [3.8, 4) is 6.07 Å². The maximum absolute atomic E-state index is 12.1. The van der Waals surface area contributed by atoms with Crippen LogP contribution in [-0.4, -0.2) is 18.0 Å². The van der Waals surface area contributed by atoms with Crippen LogP contribution in [0.1, 0.15) is 18.1 Å². The highest BCUT2D eigenvalue weighted by Gasteiger charge is 2.19. The second kappa shape index (κ2) is 8.52. The van der Waals surface area contributed by atoms with Crippen molar-refractivity contribution in [1.82, 2.24) is 0 Å². The van der Waals surface area contributed by atoms with Crippen LogP contribution in [0.25, 0.3) is 0 Å². The fourth-order valence-electron chi connectivity index (χ4n) is 2.02. The topological polar surface area (TPSA) is 79.2 Å². The normalized spacial score (nSPS) is 11.3. The van der Waals surface area contributed by atoms with Crippen LogP contribution in [-0.2, 0) is 20.7 Å². The van der Waals surface area contributed by atoms with Gasteiger partial charge in [-0.15, -0.1) is 0 Å². The maximum atomic E-state index is 12.1. The number of carbonyl (C=O) groups is 2. The smallest absolute Gasteiger partial charge is 0.311 e. The Labute approximate surface area is 155 Å². The number of benzene rings is 2. The Bertz CT molecular complexity index is 846. The van der Waals surface area contributed by atoms with Gasteiger partial charge in [-0.1, -0.05) is 35.3 Å². The highest BCUT2D eigenvalue weighted by molar-refractivity contribution is 6.35. The van der Waals surface area contributed by atoms with Crippen molar-refractivity contribution in [3.05, 3.63) is 63.6 Å². The van der Waals surface area contributed by atoms with Gasteiger partial charge in [0.15, 0.2) is 6.10 Å². The molecule has 7 heteroatoms. The number of nitriles is 1. The highest BCUT2D eigenvalue weighted by Crippen LogP contribution is 2.21. The number of hydrogen-bond donors (Lipinski definition) is 1. The van der Waals surface area contributed by atoms with E-state index in [9.17, 15) is 9.59 Å². The third-order valence-electron chi connectivity index (χ3n) is 3.29. The van der Waals surface area contributed by atoms with E-state index in [0.29, 0.717) is 26.9 Å². The first kappa shape index (κ1) is 18.8. The number of halogens is 2. The fraction of sp³-hybridized carbons (Fsp3) is 0.167. The molecule has 0 saturated carbocycles. The van der Waals surface area contributed by atoms with E-state index in [-0.39, 0.29) is 6.42 Å². The van der Waals surface area contributed by atoms with Gasteiger partial charge >= 0.3 is 5.97 Å². The molecule has 1 N–H and O–H groups in total. The van der Waals surface area contributed by atoms with Crippen LogP contribution in [0.15, 0.2) is 42.5 Å². The van der Waals surface area contributed by atoms with Crippen LogP contribution in [0.3, 0.4) is 0 Å². The van der Waals surface area contributed by atoms with Gasteiger partial charge in [-0.3, -0.25) is 9.59 Å². The van der Waals surface area contributed by atoms with Gasteiger partial charge in [0.05, 0.1) is 18.1 Å². The summed E-state index contributed by atoms with van der Waals surface area (Å²) < 4.78 is 5.12. The number of rotatable bonds is 5. The average molecular weight is 377 g/mol. The van der Waals surface area contributed by atoms with Crippen LogP contribution in [0, 0.1) is 11.3 Å². The lowest BCUT2D eigenvalue weighted by Crippen LogP contribution is -2.30. The zero-order valence-electron chi connectivity index (χ0n) is 13.3. The van der Waals surface area contributed by atoms with Crippen LogP contribution in [0.4, 0.5) is 5.69 Å². The summed E-state index contributed by atoms with van der Waals surface area (Å²) in [4.78, 5) is 24.1. The zero-order chi connectivity index (χ0) is 18.4. The molecule has 0 aliphatic heterocycles. The van der Waals surface area contributed by atoms with Crippen molar-refractivity contribution >= 4 is 40.8 Å². The summed E-state index contributed by atoms with van der Waals surface area (Å²) in [5, 5.41) is 12.3. The summed E-state index contributed by atoms with van der Waals surface area (Å²) in [6.07, 6.45) is -1.07. The molecule has 0 aromatic heterocycles. The molecule has 0 heterocycles. The van der Waals surface area contributed by atoms with Crippen LogP contribution in [0.5, 0.6) is 0 Å². The van der Waals surface area contributed by atoms with Crippen LogP contribution >= 0.6 is 23.2 Å². The van der Waals surface area contributed by atoms with Crippen molar-refractivity contribution in [2.75, 3.05) is 5.32 Å². The standard InChI is InChI=1S/C18H14Cl2N2O3/c1-11(18(24)22-15-4-2-3-12(7-15)10-21)25-17(23)8-13-5-6-14(19)9-16(13)20/h2-7,9,11H,8H2,1H3,(H,22,24). The first-order valence-corrected chi connectivity index (χ1v) is 8.09. The molecule has 5 nitrogen and oxygen atoms in total. The molecule has 1 unspecified atom stereocenters. The molecule has 0 fully saturated rings. The third kappa shape index (κ3) is 5.49. The van der Waals surface area contributed by atoms with Crippen molar-refractivity contribution < 1.29 is 14.3 Å². The number of esters is 1. The first-order valence-electron chi connectivity index (χ1n) is 7.33. The first-order chi connectivity index (χ1) is 11.9. The number of hydrogen-bond acceptors (Lipinski definition) is 4. The summed E-state index contributed by atoms with van der Waals surface area (Å²) in [5.74, 6) is -1.08. The van der Waals surface area contributed by atoms with E-state index >= 15 is 0 Å². The van der Waals surface area contributed by atoms with Gasteiger partial charge in [0.2, 0.25) is 0 Å². The molecular weight excluding hydrogens is 363 g/mol. The molecule has 0 spiro atoms. The second-order valence-electron chi connectivity index (χ2n) is 5.23. The fourth-order valence-corrected chi connectivity index (χ4v) is 2.50. The molecule has 2 aromatic carbocycles. The molecule has 0 bridgehead atoms. The summed E-state index contributed by atoms with van der Waals surface area (Å²) in [6, 6.07) is 13.2. The molecule has 0 radical (unpaired) electrons. The van der Waals surface area contributed by atoms with Gasteiger partial charge in [0.25, 0.3) is 5.91 Å². The van der Waals surface area contributed by atoms with Crippen molar-refractivity contribution in [1.29, 1.82) is 5.26 Å². The number of carbonyl (C=O) groups excluding carboxylic acids is 2. The van der Waals surface area contributed by atoms with Gasteiger partial charge in [0, 0.05) is 15.7 Å². The average Bonchev–Trinajstić information content (AvgIpc) is 2.57. The molecule has 2 rings (SSSR count). The van der Waals surface area contributed by atoms with E-state index in [2.05, 4.69) is 5.32 Å². The minimum atomic E-state index is -0.996. The van der Waals surface area contributed by atoms with Crippen molar-refractivity contribution in [2.24, 2.45) is 0 Å². The largest absolute Gasteiger partial charge is 0.452 e. The van der Waals surface area contributed by atoms with E-state index in [0.717, 1.165) is 0 Å². The number of nitrogens with one attached hydrogen (secondary N) is 1. The summed E-state index contributed by atoms with van der Waals surface area (Å²) in [6.45, 7) is 1.46. The summed E-state index contributed by atoms with van der Waals surface area (Å²) >= 11 is 11.8. The maximum Gasteiger partial charge on any atom is 0.311 e. The van der Waals surface area contributed by atoms with Gasteiger partial charge in [-0.25, -0.2) is 0 Å². The second-order valence-corrected chi connectivity index (χ2v) is 6.07. The summed E-state index contributed by atoms with van der Waals surface area (Å²) in [5.41, 5.74) is 1.43. The summed E-state index contributed by atoms with van der Waals surface area (Å²) in [7, 11) is 0. The van der Waals surface area contributed by atoms with Gasteiger partial charge < -0.3 is 10.1 Å². The van der Waals surface area contributed by atoms with Crippen molar-refractivity contribution in [3.63, 3.8) is 0 Å². The van der Waals surface area contributed by atoms with Crippen molar-refractivity contribution in [2.45, 2.75) is 19.4 Å². The van der Waals surface area contributed by atoms with Crippen LogP contribution in [0.2, 0.25) is 10.0 Å². The number of ether oxygens (including phenoxy) is 1. The SMILES string of the molecule is CC(OC(=O)Cc1ccc(Cl)cc1Cl)C(=O)Nc1cccc(C#N)c1. The van der Waals surface area contributed by atoms with Crippen LogP contribution < -0.4 is 5.32 Å². The predicted molar refractivity (Wildman–Crippen MR) is 95.5 cm³/mol. The predicted octanol–water partition coefficient (Wildman–Crippen LogP) is 3.98. The quantitative estimate of drug-likeness (QED) is 0.800. The molecule has 0 aliphatic rings.